The van der Waals surface area contributed by atoms with Crippen molar-refractivity contribution in [3.63, 3.8) is 0 Å². The molecule has 1 rings (SSSR count). The first-order valence-electron chi connectivity index (χ1n) is 5.49. The maximum atomic E-state index is 11.5. The predicted octanol–water partition coefficient (Wildman–Crippen LogP) is 0.785. The summed E-state index contributed by atoms with van der Waals surface area (Å²) in [5.41, 5.74) is -0.425. The zero-order chi connectivity index (χ0) is 11.5. The van der Waals surface area contributed by atoms with E-state index in [0.717, 1.165) is 19.4 Å². The van der Waals surface area contributed by atoms with E-state index < -0.39 is 5.60 Å². The van der Waals surface area contributed by atoms with Gasteiger partial charge in [0.05, 0.1) is 13.2 Å². The van der Waals surface area contributed by atoms with Crippen LogP contribution >= 0.6 is 0 Å². The van der Waals surface area contributed by atoms with E-state index in [-0.39, 0.29) is 18.6 Å². The highest BCUT2D eigenvalue weighted by Crippen LogP contribution is 2.17. The van der Waals surface area contributed by atoms with Gasteiger partial charge >= 0.3 is 5.97 Å². The third-order valence-corrected chi connectivity index (χ3v) is 2.46. The Bertz CT molecular complexity index is 222. The molecule has 0 aliphatic carbocycles. The van der Waals surface area contributed by atoms with Gasteiger partial charge in [-0.1, -0.05) is 0 Å². The molecule has 1 saturated heterocycles. The highest BCUT2D eigenvalue weighted by Gasteiger charge is 2.27. The molecule has 1 atom stereocenters. The molecular formula is C11H21NO3. The van der Waals surface area contributed by atoms with Gasteiger partial charge in [0.2, 0.25) is 0 Å². The Balaban J connectivity index is 2.37. The lowest BCUT2D eigenvalue weighted by atomic mass is 10.2. The summed E-state index contributed by atoms with van der Waals surface area (Å²) in [6.07, 6.45) is 2.02. The maximum absolute atomic E-state index is 11.5. The molecule has 4 heteroatoms. The number of likely N-dealkylation sites (tertiary alicyclic amines) is 1. The minimum atomic E-state index is -0.425. The monoisotopic (exact) mass is 215 g/mol. The molecule has 1 N–H and O–H groups in total. The van der Waals surface area contributed by atoms with E-state index in [1.807, 2.05) is 25.7 Å². The fraction of sp³-hybridized carbons (Fsp3) is 0.909. The van der Waals surface area contributed by atoms with E-state index in [2.05, 4.69) is 0 Å². The molecule has 0 spiro atoms. The number of aliphatic hydroxyl groups is 1. The van der Waals surface area contributed by atoms with Crippen LogP contribution < -0.4 is 0 Å². The van der Waals surface area contributed by atoms with Crippen LogP contribution in [0.25, 0.3) is 0 Å². The molecule has 0 amide bonds. The minimum Gasteiger partial charge on any atom is -0.459 e. The van der Waals surface area contributed by atoms with Crippen molar-refractivity contribution in [1.29, 1.82) is 0 Å². The van der Waals surface area contributed by atoms with Crippen LogP contribution in [0.2, 0.25) is 0 Å². The van der Waals surface area contributed by atoms with Crippen molar-refractivity contribution in [2.75, 3.05) is 19.7 Å². The Hall–Kier alpha value is -0.610. The van der Waals surface area contributed by atoms with Gasteiger partial charge in [-0.05, 0) is 40.2 Å². The quantitative estimate of drug-likeness (QED) is 0.707. The summed E-state index contributed by atoms with van der Waals surface area (Å²) in [6, 6.07) is 0.137. The standard InChI is InChI=1S/C11H21NO3/c1-11(2,3)15-10(14)7-12-6-4-5-9(12)8-13/h9,13H,4-8H2,1-3H3/t9-/m1/s1. The summed E-state index contributed by atoms with van der Waals surface area (Å²) in [5, 5.41) is 9.09. The second kappa shape index (κ2) is 4.94. The second-order valence-electron chi connectivity index (χ2n) is 5.04. The van der Waals surface area contributed by atoms with Crippen molar-refractivity contribution in [1.82, 2.24) is 4.90 Å². The molecule has 0 saturated carbocycles. The SMILES string of the molecule is CC(C)(C)OC(=O)CN1CCC[C@@H]1CO. The molecule has 0 aromatic heterocycles. The summed E-state index contributed by atoms with van der Waals surface area (Å²) in [4.78, 5) is 13.5. The van der Waals surface area contributed by atoms with Crippen molar-refractivity contribution >= 4 is 5.97 Å². The average Bonchev–Trinajstić information content (AvgIpc) is 2.48. The number of esters is 1. The van der Waals surface area contributed by atoms with Gasteiger partial charge in [-0.15, -0.1) is 0 Å². The van der Waals surface area contributed by atoms with Crippen molar-refractivity contribution in [3.8, 4) is 0 Å². The highest BCUT2D eigenvalue weighted by atomic mass is 16.6. The van der Waals surface area contributed by atoms with Crippen LogP contribution in [-0.4, -0.2) is 47.3 Å². The number of ether oxygens (including phenoxy) is 1. The van der Waals surface area contributed by atoms with Crippen molar-refractivity contribution in [2.45, 2.75) is 45.3 Å². The van der Waals surface area contributed by atoms with Gasteiger partial charge in [0.15, 0.2) is 0 Å². The van der Waals surface area contributed by atoms with Crippen LogP contribution in [0.4, 0.5) is 0 Å². The molecular weight excluding hydrogens is 194 g/mol. The molecule has 0 radical (unpaired) electrons. The summed E-state index contributed by atoms with van der Waals surface area (Å²) >= 11 is 0. The fourth-order valence-corrected chi connectivity index (χ4v) is 1.85. The third-order valence-electron chi connectivity index (χ3n) is 2.46. The molecule has 88 valence electrons. The smallest absolute Gasteiger partial charge is 0.320 e. The molecule has 15 heavy (non-hydrogen) atoms. The van der Waals surface area contributed by atoms with Crippen molar-refractivity contribution in [3.05, 3.63) is 0 Å². The molecule has 0 aromatic rings. The van der Waals surface area contributed by atoms with Gasteiger partial charge in [0.25, 0.3) is 0 Å². The number of carbonyl (C=O) groups is 1. The molecule has 1 heterocycles. The Labute approximate surface area is 91.2 Å². The van der Waals surface area contributed by atoms with Crippen LogP contribution in [0.3, 0.4) is 0 Å². The van der Waals surface area contributed by atoms with Crippen LogP contribution in [0.1, 0.15) is 33.6 Å². The Morgan fingerprint density at radius 1 is 1.53 bits per heavy atom. The molecule has 0 bridgehead atoms. The normalized spacial score (nSPS) is 23.1. The Kier molecular flexibility index (Phi) is 4.11. The summed E-state index contributed by atoms with van der Waals surface area (Å²) in [7, 11) is 0. The average molecular weight is 215 g/mol. The zero-order valence-electron chi connectivity index (χ0n) is 9.82. The van der Waals surface area contributed by atoms with Crippen LogP contribution in [0.5, 0.6) is 0 Å². The molecule has 0 unspecified atom stereocenters. The number of rotatable bonds is 3. The minimum absolute atomic E-state index is 0.128. The van der Waals surface area contributed by atoms with E-state index in [9.17, 15) is 4.79 Å². The lowest BCUT2D eigenvalue weighted by Crippen LogP contribution is -2.39. The molecule has 1 fully saturated rings. The lowest BCUT2D eigenvalue weighted by Gasteiger charge is -2.25. The van der Waals surface area contributed by atoms with Gasteiger partial charge in [0, 0.05) is 6.04 Å². The topological polar surface area (TPSA) is 49.8 Å². The lowest BCUT2D eigenvalue weighted by molar-refractivity contribution is -0.156. The number of nitrogens with zero attached hydrogens (tertiary/aromatic N) is 1. The van der Waals surface area contributed by atoms with E-state index in [4.69, 9.17) is 9.84 Å². The van der Waals surface area contributed by atoms with Gasteiger partial charge in [-0.25, -0.2) is 0 Å². The van der Waals surface area contributed by atoms with Crippen LogP contribution in [-0.2, 0) is 9.53 Å². The number of aliphatic hydroxyl groups excluding tert-OH is 1. The Morgan fingerprint density at radius 3 is 2.73 bits per heavy atom. The summed E-state index contributed by atoms with van der Waals surface area (Å²) in [5.74, 6) is -0.206. The van der Waals surface area contributed by atoms with E-state index in [1.54, 1.807) is 0 Å². The summed E-state index contributed by atoms with van der Waals surface area (Å²) in [6.45, 7) is 6.88. The number of carbonyl (C=O) groups excluding carboxylic acids is 1. The predicted molar refractivity (Wildman–Crippen MR) is 57.5 cm³/mol. The van der Waals surface area contributed by atoms with Crippen LogP contribution in [0, 0.1) is 0 Å². The van der Waals surface area contributed by atoms with Crippen molar-refractivity contribution < 1.29 is 14.6 Å². The molecule has 4 nitrogen and oxygen atoms in total. The highest BCUT2D eigenvalue weighted by molar-refractivity contribution is 5.72. The molecule has 0 aromatic carbocycles. The first-order valence-corrected chi connectivity index (χ1v) is 5.49. The Morgan fingerprint density at radius 2 is 2.20 bits per heavy atom. The second-order valence-corrected chi connectivity index (χ2v) is 5.04. The van der Waals surface area contributed by atoms with E-state index in [1.165, 1.54) is 0 Å². The van der Waals surface area contributed by atoms with Crippen LogP contribution in [0.15, 0.2) is 0 Å². The zero-order valence-corrected chi connectivity index (χ0v) is 9.82. The number of hydrogen-bond acceptors (Lipinski definition) is 4. The fourth-order valence-electron chi connectivity index (χ4n) is 1.85. The number of hydrogen-bond donors (Lipinski definition) is 1. The summed E-state index contributed by atoms with van der Waals surface area (Å²) < 4.78 is 5.23. The van der Waals surface area contributed by atoms with Gasteiger partial charge in [-0.3, -0.25) is 9.69 Å². The largest absolute Gasteiger partial charge is 0.459 e. The first kappa shape index (κ1) is 12.5. The maximum Gasteiger partial charge on any atom is 0.320 e. The first-order chi connectivity index (χ1) is 6.92. The third kappa shape index (κ3) is 4.18. The molecule has 1 aliphatic heterocycles. The molecule has 1 aliphatic rings. The van der Waals surface area contributed by atoms with Gasteiger partial charge < -0.3 is 9.84 Å². The van der Waals surface area contributed by atoms with Crippen molar-refractivity contribution in [2.24, 2.45) is 0 Å². The van der Waals surface area contributed by atoms with E-state index >= 15 is 0 Å². The van der Waals surface area contributed by atoms with Gasteiger partial charge in [-0.2, -0.15) is 0 Å². The van der Waals surface area contributed by atoms with Gasteiger partial charge in [0.1, 0.15) is 5.60 Å². The van der Waals surface area contributed by atoms with E-state index in [0.29, 0.717) is 6.54 Å².